The molecule has 0 aromatic heterocycles. The maximum atomic E-state index is 12.5. The molecule has 3 nitrogen and oxygen atoms in total. The third-order valence-corrected chi connectivity index (χ3v) is 5.99. The minimum absolute atomic E-state index is 0.642. The summed E-state index contributed by atoms with van der Waals surface area (Å²) in [6.07, 6.45) is 18.0. The molecule has 0 heterocycles. The second kappa shape index (κ2) is 15.6. The smallest absolute Gasteiger partial charge is 0.114 e. The van der Waals surface area contributed by atoms with Gasteiger partial charge in [-0.05, 0) is 48.9 Å². The van der Waals surface area contributed by atoms with Crippen LogP contribution in [0.5, 0.6) is 0 Å². The fourth-order valence-corrected chi connectivity index (χ4v) is 3.94. The van der Waals surface area contributed by atoms with Crippen LogP contribution in [-0.2, 0) is 12.8 Å². The fourth-order valence-electron chi connectivity index (χ4n) is 3.94. The molecule has 0 spiro atoms. The molecule has 2 aromatic carbocycles. The van der Waals surface area contributed by atoms with E-state index in [4.69, 9.17) is 0 Å². The second-order valence-corrected chi connectivity index (χ2v) is 8.81. The number of unbranched alkanes of at least 4 members (excludes halogenated alkanes) is 10. The molecule has 170 valence electrons. The number of aryl methyl sites for hydroxylation is 2. The van der Waals surface area contributed by atoms with Gasteiger partial charge in [-0.25, -0.2) is 0 Å². The molecule has 1 N–H and O–H groups in total. The summed E-state index contributed by atoms with van der Waals surface area (Å²) in [5.41, 5.74) is 7.07. The van der Waals surface area contributed by atoms with E-state index < -0.39 is 0 Å². The lowest BCUT2D eigenvalue weighted by Gasteiger charge is -2.04. The number of hydrogen-bond acceptors (Lipinski definition) is 1. The SMILES string of the molecule is CCCCCCCCc1ccc(N[N+](=O)c2ccc(CCCCCCCC)cc2)cc1. The van der Waals surface area contributed by atoms with Crippen molar-refractivity contribution in [2.75, 3.05) is 5.43 Å². The van der Waals surface area contributed by atoms with Crippen molar-refractivity contribution in [3.63, 3.8) is 0 Å². The molecule has 0 aliphatic heterocycles. The molecule has 3 heteroatoms. The number of hydrogen-bond donors (Lipinski definition) is 1. The van der Waals surface area contributed by atoms with Crippen LogP contribution in [0.3, 0.4) is 0 Å². The van der Waals surface area contributed by atoms with Crippen LogP contribution >= 0.6 is 0 Å². The molecule has 0 saturated carbocycles. The van der Waals surface area contributed by atoms with Gasteiger partial charge in [-0.15, -0.1) is 5.43 Å². The number of nitrogens with zero attached hydrogens (tertiary/aromatic N) is 1. The van der Waals surface area contributed by atoms with E-state index in [0.717, 1.165) is 23.4 Å². The molecular weight excluding hydrogens is 380 g/mol. The van der Waals surface area contributed by atoms with Gasteiger partial charge in [0.1, 0.15) is 5.69 Å². The van der Waals surface area contributed by atoms with Gasteiger partial charge in [0.2, 0.25) is 0 Å². The van der Waals surface area contributed by atoms with E-state index in [-0.39, 0.29) is 0 Å². The topological polar surface area (TPSA) is 32.1 Å². The highest BCUT2D eigenvalue weighted by molar-refractivity contribution is 5.43. The lowest BCUT2D eigenvalue weighted by molar-refractivity contribution is -0.427. The van der Waals surface area contributed by atoms with Crippen molar-refractivity contribution in [1.82, 2.24) is 0 Å². The molecule has 0 radical (unpaired) electrons. The fraction of sp³-hybridized carbons (Fsp3) is 0.571. The van der Waals surface area contributed by atoms with Gasteiger partial charge in [-0.3, -0.25) is 0 Å². The predicted octanol–water partition coefficient (Wildman–Crippen LogP) is 8.93. The molecule has 31 heavy (non-hydrogen) atoms. The van der Waals surface area contributed by atoms with E-state index in [9.17, 15) is 4.91 Å². The summed E-state index contributed by atoms with van der Waals surface area (Å²) in [6, 6.07) is 16.3. The summed E-state index contributed by atoms with van der Waals surface area (Å²) in [5.74, 6) is 0. The van der Waals surface area contributed by atoms with Crippen molar-refractivity contribution in [3.8, 4) is 0 Å². The van der Waals surface area contributed by atoms with Gasteiger partial charge in [-0.2, -0.15) is 0 Å². The van der Waals surface area contributed by atoms with E-state index in [2.05, 4.69) is 43.5 Å². The summed E-state index contributed by atoms with van der Waals surface area (Å²) < 4.78 is 0. The molecule has 0 aliphatic rings. The Hall–Kier alpha value is -2.16. The third-order valence-electron chi connectivity index (χ3n) is 5.99. The van der Waals surface area contributed by atoms with Crippen molar-refractivity contribution >= 4 is 11.4 Å². The highest BCUT2D eigenvalue weighted by Gasteiger charge is 2.13. The van der Waals surface area contributed by atoms with Gasteiger partial charge in [0, 0.05) is 12.1 Å². The maximum absolute atomic E-state index is 12.5. The van der Waals surface area contributed by atoms with Crippen LogP contribution < -0.4 is 5.43 Å². The van der Waals surface area contributed by atoms with Gasteiger partial charge in [0.15, 0.2) is 4.87 Å². The number of nitroso groups, excluding NO2 is 1. The van der Waals surface area contributed by atoms with Crippen LogP contribution in [0.2, 0.25) is 0 Å². The van der Waals surface area contributed by atoms with Gasteiger partial charge < -0.3 is 0 Å². The van der Waals surface area contributed by atoms with Gasteiger partial charge in [0.25, 0.3) is 5.69 Å². The van der Waals surface area contributed by atoms with E-state index in [0.29, 0.717) is 5.69 Å². The van der Waals surface area contributed by atoms with Crippen LogP contribution in [0.25, 0.3) is 0 Å². The molecule has 0 unspecified atom stereocenters. The minimum Gasteiger partial charge on any atom is -0.114 e. The molecule has 0 atom stereocenters. The van der Waals surface area contributed by atoms with Crippen LogP contribution in [0.1, 0.15) is 102 Å². The molecule has 0 saturated heterocycles. The predicted molar refractivity (Wildman–Crippen MR) is 134 cm³/mol. The van der Waals surface area contributed by atoms with Crippen molar-refractivity contribution in [3.05, 3.63) is 64.6 Å². The Labute approximate surface area is 190 Å². The van der Waals surface area contributed by atoms with Crippen molar-refractivity contribution in [1.29, 1.82) is 0 Å². The highest BCUT2D eigenvalue weighted by Crippen LogP contribution is 2.18. The Morgan fingerprint density at radius 3 is 1.48 bits per heavy atom. The van der Waals surface area contributed by atoms with Gasteiger partial charge >= 0.3 is 0 Å². The summed E-state index contributed by atoms with van der Waals surface area (Å²) in [5, 5.41) is 0. The van der Waals surface area contributed by atoms with E-state index >= 15 is 0 Å². The first-order chi connectivity index (χ1) is 15.2. The van der Waals surface area contributed by atoms with Crippen LogP contribution in [0.15, 0.2) is 48.5 Å². The number of hydrazine groups is 1. The highest BCUT2D eigenvalue weighted by atomic mass is 16.3. The first kappa shape index (κ1) is 25.1. The molecule has 2 rings (SSSR count). The zero-order valence-electron chi connectivity index (χ0n) is 19.9. The Morgan fingerprint density at radius 2 is 1.00 bits per heavy atom. The zero-order chi connectivity index (χ0) is 22.2. The largest absolute Gasteiger partial charge is 0.292 e. The average Bonchev–Trinajstić information content (AvgIpc) is 2.80. The lowest BCUT2D eigenvalue weighted by Crippen LogP contribution is -2.10. The third kappa shape index (κ3) is 10.6. The minimum atomic E-state index is 0.642. The van der Waals surface area contributed by atoms with Crippen molar-refractivity contribution < 1.29 is 4.87 Å². The van der Waals surface area contributed by atoms with Gasteiger partial charge in [0.05, 0.1) is 4.91 Å². The Kier molecular flexibility index (Phi) is 12.6. The number of rotatable bonds is 17. The van der Waals surface area contributed by atoms with E-state index in [1.165, 1.54) is 88.2 Å². The van der Waals surface area contributed by atoms with E-state index in [1.54, 1.807) is 0 Å². The van der Waals surface area contributed by atoms with Crippen molar-refractivity contribution in [2.24, 2.45) is 0 Å². The monoisotopic (exact) mass is 423 g/mol. The average molecular weight is 424 g/mol. The summed E-state index contributed by atoms with van der Waals surface area (Å²) in [6.45, 7) is 4.51. The second-order valence-electron chi connectivity index (χ2n) is 8.81. The first-order valence-corrected chi connectivity index (χ1v) is 12.6. The van der Waals surface area contributed by atoms with Crippen LogP contribution in [0.4, 0.5) is 11.4 Å². The van der Waals surface area contributed by atoms with Crippen LogP contribution in [0, 0.1) is 4.91 Å². The van der Waals surface area contributed by atoms with E-state index in [1.807, 2.05) is 24.3 Å². The number of nitrogens with one attached hydrogen (secondary N) is 1. The molecule has 0 bridgehead atoms. The lowest BCUT2D eigenvalue weighted by atomic mass is 10.0. The summed E-state index contributed by atoms with van der Waals surface area (Å²) >= 11 is 0. The number of anilines is 1. The Bertz CT molecular complexity index is 722. The quantitative estimate of drug-likeness (QED) is 0.156. The first-order valence-electron chi connectivity index (χ1n) is 12.6. The van der Waals surface area contributed by atoms with Crippen LogP contribution in [-0.4, -0.2) is 4.87 Å². The number of benzene rings is 2. The molecular formula is C28H43N2O+. The summed E-state index contributed by atoms with van der Waals surface area (Å²) in [7, 11) is 0. The molecule has 0 fully saturated rings. The van der Waals surface area contributed by atoms with Crippen molar-refractivity contribution in [2.45, 2.75) is 104 Å². The normalized spacial score (nSPS) is 10.9. The Morgan fingerprint density at radius 1 is 0.581 bits per heavy atom. The molecule has 2 aromatic rings. The van der Waals surface area contributed by atoms with Gasteiger partial charge in [-0.1, -0.05) is 102 Å². The standard InChI is InChI=1S/C28H43N2O/c1-3-5-7-9-11-13-15-25-17-21-27(22-18-25)29-30(31)28-23-19-26(20-24-28)16-14-12-10-8-6-4-2/h17-24H,3-16H2,1-2H3,(H,29,31)/q+1. The Balaban J connectivity index is 1.69. The zero-order valence-corrected chi connectivity index (χ0v) is 19.9. The maximum Gasteiger partial charge on any atom is 0.292 e. The molecule has 0 aliphatic carbocycles. The molecule has 0 amide bonds. The summed E-state index contributed by atoms with van der Waals surface area (Å²) in [4.78, 5) is 13.3.